The average molecular weight is 203 g/mol. The Kier molecular flexibility index (Phi) is 3.58. The van der Waals surface area contributed by atoms with Crippen LogP contribution in [0.4, 0.5) is 10.1 Å². The zero-order valence-electron chi connectivity index (χ0n) is 8.21. The van der Waals surface area contributed by atoms with Gasteiger partial charge in [-0.1, -0.05) is 0 Å². The van der Waals surface area contributed by atoms with Gasteiger partial charge in [-0.3, -0.25) is 5.41 Å². The average Bonchev–Trinajstić information content (AvgIpc) is 2.21. The molecule has 0 saturated heterocycles. The van der Waals surface area contributed by atoms with E-state index >= 15 is 0 Å². The minimum atomic E-state index is -0.285. The van der Waals surface area contributed by atoms with Gasteiger partial charge in [0, 0.05) is 11.9 Å². The number of hydrogen-bond acceptors (Lipinski definition) is 3. The largest absolute Gasteiger partial charge is 0.361 e. The SMILES string of the molecule is Cc1cc(F)ccc1N/C=C\C(=N)C#N. The summed E-state index contributed by atoms with van der Waals surface area (Å²) in [7, 11) is 0. The molecule has 2 N–H and O–H groups in total. The zero-order chi connectivity index (χ0) is 11.3. The first-order valence-corrected chi connectivity index (χ1v) is 4.31. The minimum Gasteiger partial charge on any atom is -0.361 e. The predicted octanol–water partition coefficient (Wildman–Crippen LogP) is 2.60. The van der Waals surface area contributed by atoms with E-state index in [1.807, 2.05) is 0 Å². The van der Waals surface area contributed by atoms with Crippen molar-refractivity contribution in [1.82, 2.24) is 0 Å². The van der Waals surface area contributed by atoms with Crippen LogP contribution in [0.1, 0.15) is 5.56 Å². The summed E-state index contributed by atoms with van der Waals surface area (Å²) in [4.78, 5) is 0. The minimum absolute atomic E-state index is 0.137. The molecular formula is C11H10FN3. The van der Waals surface area contributed by atoms with E-state index in [-0.39, 0.29) is 11.5 Å². The number of anilines is 1. The summed E-state index contributed by atoms with van der Waals surface area (Å²) < 4.78 is 12.7. The lowest BCUT2D eigenvalue weighted by Crippen LogP contribution is -1.93. The molecule has 0 atom stereocenters. The molecule has 0 fully saturated rings. The van der Waals surface area contributed by atoms with Crippen molar-refractivity contribution in [3.8, 4) is 6.07 Å². The third-order valence-electron chi connectivity index (χ3n) is 1.80. The Labute approximate surface area is 87.4 Å². The van der Waals surface area contributed by atoms with Gasteiger partial charge >= 0.3 is 0 Å². The highest BCUT2D eigenvalue weighted by atomic mass is 19.1. The van der Waals surface area contributed by atoms with Gasteiger partial charge in [0.05, 0.1) is 0 Å². The number of allylic oxidation sites excluding steroid dienone is 1. The standard InChI is InChI=1S/C11H10FN3/c1-8-6-9(12)2-3-11(8)15-5-4-10(14)7-13/h2-6,14-15H,1H3/b5-4-,14-10?. The molecule has 76 valence electrons. The highest BCUT2D eigenvalue weighted by molar-refractivity contribution is 6.04. The van der Waals surface area contributed by atoms with Crippen LogP contribution in [0.25, 0.3) is 0 Å². The topological polar surface area (TPSA) is 59.7 Å². The molecule has 0 saturated carbocycles. The third kappa shape index (κ3) is 3.24. The van der Waals surface area contributed by atoms with Crippen LogP contribution in [-0.2, 0) is 0 Å². The lowest BCUT2D eigenvalue weighted by Gasteiger charge is -2.04. The molecule has 1 aromatic rings. The molecule has 1 rings (SSSR count). The van der Waals surface area contributed by atoms with Crippen LogP contribution in [0, 0.1) is 29.5 Å². The molecule has 0 spiro atoms. The van der Waals surface area contributed by atoms with Gasteiger partial charge in [-0.05, 0) is 36.8 Å². The third-order valence-corrected chi connectivity index (χ3v) is 1.80. The van der Waals surface area contributed by atoms with Crippen LogP contribution in [0.2, 0.25) is 0 Å². The fraction of sp³-hybridized carbons (Fsp3) is 0.0909. The molecule has 4 heteroatoms. The van der Waals surface area contributed by atoms with E-state index in [1.54, 1.807) is 19.1 Å². The Balaban J connectivity index is 2.71. The van der Waals surface area contributed by atoms with Crippen LogP contribution < -0.4 is 5.32 Å². The second kappa shape index (κ2) is 4.91. The number of aryl methyl sites for hydroxylation is 1. The van der Waals surface area contributed by atoms with Gasteiger partial charge in [-0.2, -0.15) is 5.26 Å². The molecule has 0 aliphatic rings. The van der Waals surface area contributed by atoms with Crippen LogP contribution in [0.5, 0.6) is 0 Å². The normalized spacial score (nSPS) is 9.93. The maximum atomic E-state index is 12.7. The van der Waals surface area contributed by atoms with Crippen molar-refractivity contribution in [2.75, 3.05) is 5.32 Å². The van der Waals surface area contributed by atoms with E-state index in [0.717, 1.165) is 11.3 Å². The van der Waals surface area contributed by atoms with Crippen molar-refractivity contribution in [1.29, 1.82) is 10.7 Å². The number of halogens is 1. The first-order chi connectivity index (χ1) is 7.13. The van der Waals surface area contributed by atoms with Gasteiger partial charge in [-0.25, -0.2) is 4.39 Å². The molecule has 0 unspecified atom stereocenters. The molecule has 15 heavy (non-hydrogen) atoms. The molecule has 3 nitrogen and oxygen atoms in total. The molecule has 0 aliphatic heterocycles. The van der Waals surface area contributed by atoms with E-state index in [9.17, 15) is 4.39 Å². The van der Waals surface area contributed by atoms with E-state index in [1.165, 1.54) is 24.4 Å². The summed E-state index contributed by atoms with van der Waals surface area (Å²) in [5.41, 5.74) is 1.38. The van der Waals surface area contributed by atoms with Crippen molar-refractivity contribution < 1.29 is 4.39 Å². The Bertz CT molecular complexity index is 444. The smallest absolute Gasteiger partial charge is 0.133 e. The molecule has 0 bridgehead atoms. The number of hydrogen-bond donors (Lipinski definition) is 2. The van der Waals surface area contributed by atoms with Crippen molar-refractivity contribution >= 4 is 11.4 Å². The number of nitrogens with one attached hydrogen (secondary N) is 2. The van der Waals surface area contributed by atoms with Crippen LogP contribution >= 0.6 is 0 Å². The van der Waals surface area contributed by atoms with Crippen molar-refractivity contribution in [3.63, 3.8) is 0 Å². The summed E-state index contributed by atoms with van der Waals surface area (Å²) >= 11 is 0. The van der Waals surface area contributed by atoms with Crippen molar-refractivity contribution in [2.24, 2.45) is 0 Å². The Hall–Kier alpha value is -2.15. The van der Waals surface area contributed by atoms with E-state index in [2.05, 4.69) is 5.32 Å². The zero-order valence-corrected chi connectivity index (χ0v) is 8.21. The molecule has 0 amide bonds. The van der Waals surface area contributed by atoms with E-state index < -0.39 is 0 Å². The molecule has 0 aliphatic carbocycles. The van der Waals surface area contributed by atoms with Crippen LogP contribution in [0.15, 0.2) is 30.5 Å². The fourth-order valence-corrected chi connectivity index (χ4v) is 1.04. The summed E-state index contributed by atoms with van der Waals surface area (Å²) in [6.07, 6.45) is 2.81. The molecule has 0 radical (unpaired) electrons. The second-order valence-corrected chi connectivity index (χ2v) is 2.96. The van der Waals surface area contributed by atoms with Crippen molar-refractivity contribution in [2.45, 2.75) is 6.92 Å². The van der Waals surface area contributed by atoms with Gasteiger partial charge in [0.15, 0.2) is 0 Å². The molecular weight excluding hydrogens is 193 g/mol. The molecule has 1 aromatic carbocycles. The maximum absolute atomic E-state index is 12.7. The highest BCUT2D eigenvalue weighted by Gasteiger charge is 1.96. The molecule has 0 heterocycles. The first kappa shape index (κ1) is 10.9. The predicted molar refractivity (Wildman–Crippen MR) is 57.2 cm³/mol. The maximum Gasteiger partial charge on any atom is 0.133 e. The Morgan fingerprint density at radius 2 is 2.33 bits per heavy atom. The van der Waals surface area contributed by atoms with Gasteiger partial charge in [0.25, 0.3) is 0 Å². The monoisotopic (exact) mass is 203 g/mol. The molecule has 0 aromatic heterocycles. The number of nitrogens with zero attached hydrogens (tertiary/aromatic N) is 1. The Morgan fingerprint density at radius 3 is 2.93 bits per heavy atom. The number of benzene rings is 1. The van der Waals surface area contributed by atoms with Gasteiger partial charge in [-0.15, -0.1) is 0 Å². The van der Waals surface area contributed by atoms with Gasteiger partial charge in [0.1, 0.15) is 17.6 Å². The first-order valence-electron chi connectivity index (χ1n) is 4.31. The van der Waals surface area contributed by atoms with Crippen LogP contribution in [0.3, 0.4) is 0 Å². The van der Waals surface area contributed by atoms with Gasteiger partial charge < -0.3 is 5.32 Å². The quantitative estimate of drug-likeness (QED) is 0.742. The Morgan fingerprint density at radius 1 is 1.60 bits per heavy atom. The van der Waals surface area contributed by atoms with Crippen molar-refractivity contribution in [3.05, 3.63) is 41.9 Å². The van der Waals surface area contributed by atoms with Gasteiger partial charge in [0.2, 0.25) is 0 Å². The van der Waals surface area contributed by atoms with E-state index in [0.29, 0.717) is 0 Å². The number of nitriles is 1. The lowest BCUT2D eigenvalue weighted by molar-refractivity contribution is 0.627. The lowest BCUT2D eigenvalue weighted by atomic mass is 10.2. The summed E-state index contributed by atoms with van der Waals surface area (Å²) in [5, 5.41) is 18.2. The highest BCUT2D eigenvalue weighted by Crippen LogP contribution is 2.15. The summed E-state index contributed by atoms with van der Waals surface area (Å²) in [5.74, 6) is -0.285. The number of rotatable bonds is 3. The second-order valence-electron chi connectivity index (χ2n) is 2.96. The van der Waals surface area contributed by atoms with Crippen LogP contribution in [-0.4, -0.2) is 5.71 Å². The summed E-state index contributed by atoms with van der Waals surface area (Å²) in [6.45, 7) is 1.77. The summed E-state index contributed by atoms with van der Waals surface area (Å²) in [6, 6.07) is 6.03. The van der Waals surface area contributed by atoms with E-state index in [4.69, 9.17) is 10.7 Å². The fourth-order valence-electron chi connectivity index (χ4n) is 1.04.